The van der Waals surface area contributed by atoms with Crippen LogP contribution in [0.15, 0.2) is 6.07 Å². The Bertz CT molecular complexity index is 674. The fourth-order valence-electron chi connectivity index (χ4n) is 1.31. The maximum absolute atomic E-state index is 13.4. The highest BCUT2D eigenvalue weighted by Gasteiger charge is 2.23. The van der Waals surface area contributed by atoms with Gasteiger partial charge in [0.15, 0.2) is 23.3 Å². The third-order valence-corrected chi connectivity index (χ3v) is 2.23. The van der Waals surface area contributed by atoms with E-state index in [2.05, 4.69) is 19.9 Å². The Balaban J connectivity index is 2.30. The van der Waals surface area contributed by atoms with E-state index in [4.69, 9.17) is 0 Å². The van der Waals surface area contributed by atoms with Crippen LogP contribution in [0.1, 0.15) is 10.4 Å². The van der Waals surface area contributed by atoms with Crippen molar-refractivity contribution < 1.29 is 27.1 Å². The first kappa shape index (κ1) is 13.8. The average molecular weight is 290 g/mol. The maximum Gasteiger partial charge on any atom is 0.336 e. The number of H-pyrrole nitrogens is 1. The summed E-state index contributed by atoms with van der Waals surface area (Å²) in [6.07, 6.45) is 0. The second kappa shape index (κ2) is 5.15. The van der Waals surface area contributed by atoms with Crippen molar-refractivity contribution in [3.05, 3.63) is 34.9 Å². The largest absolute Gasteiger partial charge is 0.466 e. The summed E-state index contributed by atoms with van der Waals surface area (Å²) in [7, 11) is 1.26. The highest BCUT2D eigenvalue weighted by Crippen LogP contribution is 2.19. The van der Waals surface area contributed by atoms with Crippen LogP contribution < -0.4 is 10.1 Å². The van der Waals surface area contributed by atoms with Gasteiger partial charge in [-0.15, -0.1) is 5.10 Å². The molecule has 0 bridgehead atoms. The quantitative estimate of drug-likeness (QED) is 0.511. The van der Waals surface area contributed by atoms with Gasteiger partial charge in [-0.1, -0.05) is 0 Å². The second-order valence-corrected chi connectivity index (χ2v) is 3.47. The number of carbonyl (C=O) groups excluding carboxylic acids is 1. The lowest BCUT2D eigenvalue weighted by molar-refractivity contribution is 0.102. The fourth-order valence-corrected chi connectivity index (χ4v) is 1.31. The molecular formula is C10H6F4N4O2. The van der Waals surface area contributed by atoms with Crippen molar-refractivity contribution >= 4 is 11.9 Å². The van der Waals surface area contributed by atoms with Crippen molar-refractivity contribution in [1.29, 1.82) is 0 Å². The second-order valence-electron chi connectivity index (χ2n) is 3.47. The summed E-state index contributed by atoms with van der Waals surface area (Å²) in [4.78, 5) is 15.2. The number of halogens is 4. The van der Waals surface area contributed by atoms with E-state index in [0.717, 1.165) is 0 Å². The molecule has 0 atom stereocenters. The molecule has 0 saturated heterocycles. The molecule has 1 aromatic heterocycles. The molecule has 1 amide bonds. The molecule has 0 fully saturated rings. The van der Waals surface area contributed by atoms with E-state index in [-0.39, 0.29) is 18.0 Å². The Kier molecular flexibility index (Phi) is 3.55. The van der Waals surface area contributed by atoms with Gasteiger partial charge in [0.25, 0.3) is 5.91 Å². The van der Waals surface area contributed by atoms with Crippen LogP contribution in [0.5, 0.6) is 6.01 Å². The van der Waals surface area contributed by atoms with Gasteiger partial charge in [-0.05, 0) is 6.07 Å². The van der Waals surface area contributed by atoms with Gasteiger partial charge in [0, 0.05) is 0 Å². The first-order valence-electron chi connectivity index (χ1n) is 5.04. The normalized spacial score (nSPS) is 10.4. The summed E-state index contributed by atoms with van der Waals surface area (Å²) >= 11 is 0. The lowest BCUT2D eigenvalue weighted by atomic mass is 10.1. The van der Waals surface area contributed by atoms with E-state index < -0.39 is 34.7 Å². The monoisotopic (exact) mass is 290 g/mol. The minimum absolute atomic E-state index is 0.114. The summed E-state index contributed by atoms with van der Waals surface area (Å²) < 4.78 is 56.7. The summed E-state index contributed by atoms with van der Waals surface area (Å²) in [5, 5.41) is 7.68. The number of nitrogens with zero attached hydrogens (tertiary/aromatic N) is 2. The smallest absolute Gasteiger partial charge is 0.336 e. The number of amides is 1. The Labute approximate surface area is 108 Å². The molecule has 20 heavy (non-hydrogen) atoms. The zero-order valence-electron chi connectivity index (χ0n) is 9.80. The van der Waals surface area contributed by atoms with E-state index in [1.165, 1.54) is 7.11 Å². The molecule has 2 rings (SSSR count). The lowest BCUT2D eigenvalue weighted by Crippen LogP contribution is -2.17. The molecule has 2 N–H and O–H groups in total. The Morgan fingerprint density at radius 2 is 1.95 bits per heavy atom. The van der Waals surface area contributed by atoms with Crippen LogP contribution in [0.3, 0.4) is 0 Å². The van der Waals surface area contributed by atoms with Gasteiger partial charge in [-0.25, -0.2) is 22.7 Å². The van der Waals surface area contributed by atoms with Crippen molar-refractivity contribution in [1.82, 2.24) is 15.2 Å². The van der Waals surface area contributed by atoms with Crippen LogP contribution in [0.4, 0.5) is 23.5 Å². The van der Waals surface area contributed by atoms with Gasteiger partial charge in [0.05, 0.1) is 12.7 Å². The first-order chi connectivity index (χ1) is 9.43. The number of hydrogen-bond acceptors (Lipinski definition) is 4. The predicted molar refractivity (Wildman–Crippen MR) is 57.2 cm³/mol. The van der Waals surface area contributed by atoms with E-state index in [1.54, 1.807) is 0 Å². The molecular weight excluding hydrogens is 284 g/mol. The first-order valence-corrected chi connectivity index (χ1v) is 5.04. The maximum atomic E-state index is 13.4. The van der Waals surface area contributed by atoms with Crippen LogP contribution >= 0.6 is 0 Å². The molecule has 0 aliphatic carbocycles. The number of aromatic nitrogens is 3. The number of carbonyl (C=O) groups is 1. The number of anilines is 1. The molecule has 0 saturated carbocycles. The summed E-state index contributed by atoms with van der Waals surface area (Å²) in [5.41, 5.74) is -1.02. The molecule has 6 nitrogen and oxygen atoms in total. The highest BCUT2D eigenvalue weighted by molar-refractivity contribution is 6.03. The van der Waals surface area contributed by atoms with Crippen molar-refractivity contribution in [3.8, 4) is 6.01 Å². The number of nitrogens with one attached hydrogen (secondary N) is 2. The fraction of sp³-hybridized carbons (Fsp3) is 0.100. The molecule has 0 radical (unpaired) electrons. The number of rotatable bonds is 3. The van der Waals surface area contributed by atoms with E-state index in [9.17, 15) is 22.4 Å². The SMILES string of the molecule is COc1n[nH]c(NC(=O)c2cc(F)c(F)c(F)c2F)n1. The summed E-state index contributed by atoms with van der Waals surface area (Å²) in [6, 6.07) is 0.119. The van der Waals surface area contributed by atoms with Crippen molar-refractivity contribution in [2.75, 3.05) is 12.4 Å². The Hall–Kier alpha value is -2.65. The number of aromatic amines is 1. The van der Waals surface area contributed by atoms with E-state index >= 15 is 0 Å². The van der Waals surface area contributed by atoms with E-state index in [0.29, 0.717) is 0 Å². The van der Waals surface area contributed by atoms with Crippen LogP contribution in [-0.2, 0) is 0 Å². The lowest BCUT2D eigenvalue weighted by Gasteiger charge is -2.05. The molecule has 0 aliphatic rings. The third kappa shape index (κ3) is 2.39. The average Bonchev–Trinajstić information content (AvgIpc) is 2.88. The van der Waals surface area contributed by atoms with Crippen LogP contribution in [0, 0.1) is 23.3 Å². The highest BCUT2D eigenvalue weighted by atomic mass is 19.2. The van der Waals surface area contributed by atoms with Gasteiger partial charge in [0.1, 0.15) is 0 Å². The molecule has 106 valence electrons. The predicted octanol–water partition coefficient (Wildman–Crippen LogP) is 1.62. The molecule has 2 aromatic rings. The molecule has 0 unspecified atom stereocenters. The van der Waals surface area contributed by atoms with Crippen LogP contribution in [0.2, 0.25) is 0 Å². The van der Waals surface area contributed by atoms with Gasteiger partial charge < -0.3 is 4.74 Å². The van der Waals surface area contributed by atoms with E-state index in [1.807, 2.05) is 5.32 Å². The molecule has 0 spiro atoms. The van der Waals surface area contributed by atoms with Gasteiger partial charge in [-0.2, -0.15) is 4.98 Å². The van der Waals surface area contributed by atoms with Crippen molar-refractivity contribution in [3.63, 3.8) is 0 Å². The van der Waals surface area contributed by atoms with Crippen LogP contribution in [0.25, 0.3) is 0 Å². The molecule has 10 heteroatoms. The van der Waals surface area contributed by atoms with Gasteiger partial charge in [0.2, 0.25) is 5.95 Å². The third-order valence-electron chi connectivity index (χ3n) is 2.23. The number of hydrogen-bond donors (Lipinski definition) is 2. The zero-order chi connectivity index (χ0) is 14.9. The number of methoxy groups -OCH3 is 1. The summed E-state index contributed by atoms with van der Waals surface area (Å²) in [5.74, 6) is -9.06. The van der Waals surface area contributed by atoms with Gasteiger partial charge >= 0.3 is 6.01 Å². The minimum atomic E-state index is -2.08. The standard InChI is InChI=1S/C10H6F4N4O2/c1-20-10-16-9(17-18-10)15-8(19)3-2-4(11)6(13)7(14)5(3)12/h2H,1H3,(H2,15,16,17,18,19). The van der Waals surface area contributed by atoms with Crippen molar-refractivity contribution in [2.45, 2.75) is 0 Å². The van der Waals surface area contributed by atoms with Crippen molar-refractivity contribution in [2.24, 2.45) is 0 Å². The Morgan fingerprint density at radius 1 is 1.25 bits per heavy atom. The Morgan fingerprint density at radius 3 is 2.55 bits per heavy atom. The molecule has 1 heterocycles. The summed E-state index contributed by atoms with van der Waals surface area (Å²) in [6.45, 7) is 0. The minimum Gasteiger partial charge on any atom is -0.466 e. The zero-order valence-corrected chi connectivity index (χ0v) is 9.80. The molecule has 0 aliphatic heterocycles. The molecule has 1 aromatic carbocycles. The van der Waals surface area contributed by atoms with Crippen LogP contribution in [-0.4, -0.2) is 28.2 Å². The number of ether oxygens (including phenoxy) is 1. The van der Waals surface area contributed by atoms with Gasteiger partial charge in [-0.3, -0.25) is 10.1 Å². The topological polar surface area (TPSA) is 79.9 Å². The number of benzene rings is 1.